The number of carbonyl (C=O) groups is 2. The van der Waals surface area contributed by atoms with Crippen molar-refractivity contribution in [2.75, 3.05) is 20.3 Å². The van der Waals surface area contributed by atoms with Crippen molar-refractivity contribution in [1.82, 2.24) is 0 Å². The maximum Gasteiger partial charge on any atom is 0.338 e. The van der Waals surface area contributed by atoms with Crippen LogP contribution in [0.15, 0.2) is 60.7 Å². The van der Waals surface area contributed by atoms with Crippen molar-refractivity contribution < 1.29 is 32.9 Å². The van der Waals surface area contributed by atoms with Gasteiger partial charge in [0.15, 0.2) is 23.1 Å². The molecule has 0 heterocycles. The zero-order chi connectivity index (χ0) is 22.3. The first-order valence-corrected chi connectivity index (χ1v) is 9.04. The minimum atomic E-state index is -0.614. The predicted molar refractivity (Wildman–Crippen MR) is 110 cm³/mol. The van der Waals surface area contributed by atoms with Crippen LogP contribution in [0.4, 0.5) is 4.39 Å². The summed E-state index contributed by atoms with van der Waals surface area (Å²) in [4.78, 5) is 23.4. The highest BCUT2D eigenvalue weighted by Crippen LogP contribution is 2.34. The number of carbonyl (C=O) groups excluding carboxylic acids is 2. The molecule has 7 heteroatoms. The zero-order valence-electron chi connectivity index (χ0n) is 17.1. The van der Waals surface area contributed by atoms with Crippen molar-refractivity contribution in [3.63, 3.8) is 0 Å². The number of hydrogen-bond donors (Lipinski definition) is 0. The molecule has 6 nitrogen and oxygen atoms in total. The van der Waals surface area contributed by atoms with Gasteiger partial charge in [0.1, 0.15) is 13.2 Å². The van der Waals surface area contributed by atoms with E-state index in [2.05, 4.69) is 13.2 Å². The van der Waals surface area contributed by atoms with Crippen molar-refractivity contribution in [2.45, 2.75) is 13.8 Å². The maximum atomic E-state index is 14.1. The van der Waals surface area contributed by atoms with Gasteiger partial charge < -0.3 is 18.9 Å². The maximum absolute atomic E-state index is 14.1. The first-order chi connectivity index (χ1) is 14.2. The van der Waals surface area contributed by atoms with E-state index in [1.807, 2.05) is 0 Å². The van der Waals surface area contributed by atoms with Crippen LogP contribution >= 0.6 is 0 Å². The van der Waals surface area contributed by atoms with Crippen molar-refractivity contribution in [3.05, 3.63) is 66.5 Å². The molecule has 2 aromatic rings. The molecule has 0 amide bonds. The summed E-state index contributed by atoms with van der Waals surface area (Å²) in [7, 11) is 1.38. The molecule has 0 unspecified atom stereocenters. The Morgan fingerprint density at radius 3 is 2.03 bits per heavy atom. The highest BCUT2D eigenvalue weighted by atomic mass is 19.1. The molecule has 0 aliphatic rings. The molecular weight excluding hydrogens is 391 g/mol. The molecule has 30 heavy (non-hydrogen) atoms. The minimum Gasteiger partial charge on any atom is -0.494 e. The molecule has 0 bridgehead atoms. The summed E-state index contributed by atoms with van der Waals surface area (Å²) in [5.41, 5.74) is 1.69. The van der Waals surface area contributed by atoms with Crippen LogP contribution in [-0.4, -0.2) is 32.3 Å². The molecule has 0 saturated carbocycles. The van der Waals surface area contributed by atoms with Crippen LogP contribution in [0, 0.1) is 5.82 Å². The second-order valence-electron chi connectivity index (χ2n) is 6.45. The van der Waals surface area contributed by atoms with E-state index in [1.54, 1.807) is 18.2 Å². The first-order valence-electron chi connectivity index (χ1n) is 9.04. The fraction of sp³-hybridized carbons (Fsp3) is 0.217. The van der Waals surface area contributed by atoms with Gasteiger partial charge in [0.05, 0.1) is 7.11 Å². The number of rotatable bonds is 9. The van der Waals surface area contributed by atoms with E-state index in [0.29, 0.717) is 11.1 Å². The number of methoxy groups -OCH3 is 1. The molecule has 2 aromatic carbocycles. The molecule has 0 atom stereocenters. The topological polar surface area (TPSA) is 71.1 Å². The van der Waals surface area contributed by atoms with E-state index in [4.69, 9.17) is 18.9 Å². The lowest BCUT2D eigenvalue weighted by atomic mass is 10.0. The molecule has 0 aliphatic heterocycles. The van der Waals surface area contributed by atoms with E-state index in [1.165, 1.54) is 39.2 Å². The Hall–Kier alpha value is -3.61. The van der Waals surface area contributed by atoms with Crippen LogP contribution in [-0.2, 0) is 14.3 Å². The van der Waals surface area contributed by atoms with Crippen molar-refractivity contribution >= 4 is 11.9 Å². The van der Waals surface area contributed by atoms with Crippen LogP contribution in [0.2, 0.25) is 0 Å². The SMILES string of the molecule is C=C(C)C(=O)OCCOc1cc(-c2ccc(OC)c(F)c2)ccc1OC(=O)C(=C)C. The Balaban J connectivity index is 2.26. The van der Waals surface area contributed by atoms with E-state index in [-0.39, 0.29) is 41.6 Å². The summed E-state index contributed by atoms with van der Waals surface area (Å²) in [6.07, 6.45) is 0. The van der Waals surface area contributed by atoms with E-state index in [9.17, 15) is 14.0 Å². The molecule has 0 saturated heterocycles. The smallest absolute Gasteiger partial charge is 0.338 e. The molecule has 0 aromatic heterocycles. The molecular formula is C23H23FO6. The Kier molecular flexibility index (Phi) is 7.75. The minimum absolute atomic E-state index is 0.0110. The number of ether oxygens (including phenoxy) is 4. The van der Waals surface area contributed by atoms with E-state index >= 15 is 0 Å². The van der Waals surface area contributed by atoms with Gasteiger partial charge >= 0.3 is 11.9 Å². The summed E-state index contributed by atoms with van der Waals surface area (Å²) >= 11 is 0. The zero-order valence-corrected chi connectivity index (χ0v) is 17.1. The summed E-state index contributed by atoms with van der Waals surface area (Å²) in [6.45, 7) is 10.1. The Labute approximate surface area is 174 Å². The fourth-order valence-electron chi connectivity index (χ4n) is 2.33. The third kappa shape index (κ3) is 5.94. The second kappa shape index (κ2) is 10.2. The van der Waals surface area contributed by atoms with Gasteiger partial charge in [-0.3, -0.25) is 0 Å². The van der Waals surface area contributed by atoms with Gasteiger partial charge in [0.25, 0.3) is 0 Å². The monoisotopic (exact) mass is 414 g/mol. The van der Waals surface area contributed by atoms with Crippen LogP contribution < -0.4 is 14.2 Å². The van der Waals surface area contributed by atoms with Gasteiger partial charge in [-0.15, -0.1) is 0 Å². The average molecular weight is 414 g/mol. The quantitative estimate of drug-likeness (QED) is 0.261. The Bertz CT molecular complexity index is 980. The summed E-state index contributed by atoms with van der Waals surface area (Å²) in [5.74, 6) is -1.15. The van der Waals surface area contributed by atoms with Gasteiger partial charge in [0.2, 0.25) is 0 Å². The van der Waals surface area contributed by atoms with Crippen molar-refractivity contribution in [3.8, 4) is 28.4 Å². The van der Waals surface area contributed by atoms with Gasteiger partial charge in [0, 0.05) is 11.1 Å². The van der Waals surface area contributed by atoms with Crippen LogP contribution in [0.5, 0.6) is 17.2 Å². The molecule has 0 radical (unpaired) electrons. The van der Waals surface area contributed by atoms with Crippen molar-refractivity contribution in [2.24, 2.45) is 0 Å². The van der Waals surface area contributed by atoms with Gasteiger partial charge in [-0.25, -0.2) is 14.0 Å². The lowest BCUT2D eigenvalue weighted by Crippen LogP contribution is -2.14. The molecule has 158 valence electrons. The van der Waals surface area contributed by atoms with Crippen molar-refractivity contribution in [1.29, 1.82) is 0 Å². The number of esters is 2. The van der Waals surface area contributed by atoms with Gasteiger partial charge in [-0.1, -0.05) is 25.3 Å². The summed E-state index contributed by atoms with van der Waals surface area (Å²) < 4.78 is 34.9. The fourth-order valence-corrected chi connectivity index (χ4v) is 2.33. The third-order valence-corrected chi connectivity index (χ3v) is 3.90. The molecule has 2 rings (SSSR count). The highest BCUT2D eigenvalue weighted by Gasteiger charge is 2.14. The summed E-state index contributed by atoms with van der Waals surface area (Å²) in [6, 6.07) is 9.32. The molecule has 0 fully saturated rings. The first kappa shape index (κ1) is 22.7. The Morgan fingerprint density at radius 2 is 1.47 bits per heavy atom. The predicted octanol–water partition coefficient (Wildman–Crippen LogP) is 4.48. The number of halogens is 1. The molecule has 0 spiro atoms. The molecule has 0 aliphatic carbocycles. The highest BCUT2D eigenvalue weighted by molar-refractivity contribution is 5.89. The van der Waals surface area contributed by atoms with Crippen LogP contribution in [0.1, 0.15) is 13.8 Å². The van der Waals surface area contributed by atoms with Gasteiger partial charge in [-0.05, 0) is 49.2 Å². The van der Waals surface area contributed by atoms with Gasteiger partial charge in [-0.2, -0.15) is 0 Å². The lowest BCUT2D eigenvalue weighted by Gasteiger charge is -2.14. The Morgan fingerprint density at radius 1 is 0.867 bits per heavy atom. The van der Waals surface area contributed by atoms with E-state index in [0.717, 1.165) is 0 Å². The third-order valence-electron chi connectivity index (χ3n) is 3.90. The van der Waals surface area contributed by atoms with E-state index < -0.39 is 17.8 Å². The average Bonchev–Trinajstić information content (AvgIpc) is 2.71. The standard InChI is InChI=1S/C23H23FO6/c1-14(2)22(25)29-11-10-28-21-13-17(7-9-20(21)30-23(26)15(3)4)16-6-8-19(27-5)18(24)12-16/h6-9,12-13H,1,3,10-11H2,2,4-5H3. The molecule has 0 N–H and O–H groups in total. The summed E-state index contributed by atoms with van der Waals surface area (Å²) in [5, 5.41) is 0. The number of benzene rings is 2. The van der Waals surface area contributed by atoms with Crippen LogP contribution in [0.25, 0.3) is 11.1 Å². The number of hydrogen-bond acceptors (Lipinski definition) is 6. The second-order valence-corrected chi connectivity index (χ2v) is 6.45. The largest absolute Gasteiger partial charge is 0.494 e. The lowest BCUT2D eigenvalue weighted by molar-refractivity contribution is -0.139. The normalized spacial score (nSPS) is 10.1. The van der Waals surface area contributed by atoms with Crippen LogP contribution in [0.3, 0.4) is 0 Å².